The maximum Gasteiger partial charge on any atom is 0.338 e. The molecule has 1 aromatic carbocycles. The summed E-state index contributed by atoms with van der Waals surface area (Å²) in [4.78, 5) is 24.4. The van der Waals surface area contributed by atoms with Gasteiger partial charge in [0.15, 0.2) is 0 Å². The highest BCUT2D eigenvalue weighted by atomic mass is 16.5. The van der Waals surface area contributed by atoms with Gasteiger partial charge in [-0.1, -0.05) is 25.5 Å². The molecule has 138 valence electrons. The van der Waals surface area contributed by atoms with Crippen LogP contribution in [-0.4, -0.2) is 31.6 Å². The van der Waals surface area contributed by atoms with Crippen molar-refractivity contribution in [3.8, 4) is 5.75 Å². The quantitative estimate of drug-likeness (QED) is 0.664. The zero-order chi connectivity index (χ0) is 18.3. The van der Waals surface area contributed by atoms with Crippen LogP contribution in [0.25, 0.3) is 0 Å². The molecule has 1 aromatic rings. The molecule has 1 heterocycles. The minimum atomic E-state index is -0.396. The fraction of sp³-hybridized carbons (Fsp3) is 0.524. The normalized spacial score (nSPS) is 25.6. The number of carbonyl (C=O) groups excluding carboxylic acids is 2. The predicted molar refractivity (Wildman–Crippen MR) is 97.2 cm³/mol. The molecule has 5 heteroatoms. The topological polar surface area (TPSA) is 64.6 Å². The van der Waals surface area contributed by atoms with Gasteiger partial charge >= 0.3 is 5.97 Å². The lowest BCUT2D eigenvalue weighted by Gasteiger charge is -2.56. The van der Waals surface area contributed by atoms with E-state index in [1.54, 1.807) is 18.2 Å². The van der Waals surface area contributed by atoms with E-state index in [1.165, 1.54) is 12.0 Å². The number of amides is 1. The van der Waals surface area contributed by atoms with E-state index in [2.05, 4.69) is 25.2 Å². The molecule has 1 aliphatic heterocycles. The highest BCUT2D eigenvalue weighted by Gasteiger charge is 2.50. The van der Waals surface area contributed by atoms with Gasteiger partial charge < -0.3 is 14.8 Å². The summed E-state index contributed by atoms with van der Waals surface area (Å²) in [5.41, 5.74) is 2.58. The zero-order valence-electron chi connectivity index (χ0n) is 15.3. The van der Waals surface area contributed by atoms with Crippen LogP contribution < -0.4 is 10.1 Å². The predicted octanol–water partition coefficient (Wildman–Crippen LogP) is 3.35. The second-order valence-electron chi connectivity index (χ2n) is 8.02. The molecule has 0 spiro atoms. The van der Waals surface area contributed by atoms with Crippen LogP contribution in [0.15, 0.2) is 29.8 Å². The van der Waals surface area contributed by atoms with Crippen molar-refractivity contribution in [3.63, 3.8) is 0 Å². The van der Waals surface area contributed by atoms with E-state index < -0.39 is 5.97 Å². The number of carbonyl (C=O) groups is 2. The Morgan fingerprint density at radius 3 is 3.00 bits per heavy atom. The van der Waals surface area contributed by atoms with Gasteiger partial charge in [-0.05, 0) is 48.3 Å². The highest BCUT2D eigenvalue weighted by molar-refractivity contribution is 6.00. The summed E-state index contributed by atoms with van der Waals surface area (Å²) in [7, 11) is 0. The van der Waals surface area contributed by atoms with Crippen molar-refractivity contribution in [1.82, 2.24) is 5.32 Å². The van der Waals surface area contributed by atoms with Crippen LogP contribution in [0, 0.1) is 17.3 Å². The van der Waals surface area contributed by atoms with Crippen molar-refractivity contribution in [1.29, 1.82) is 0 Å². The van der Waals surface area contributed by atoms with E-state index in [0.717, 1.165) is 18.8 Å². The van der Waals surface area contributed by atoms with Gasteiger partial charge in [-0.25, -0.2) is 4.79 Å². The minimum absolute atomic E-state index is 0.221. The summed E-state index contributed by atoms with van der Waals surface area (Å²) in [6.45, 7) is 5.94. The molecule has 0 saturated heterocycles. The lowest BCUT2D eigenvalue weighted by atomic mass is 9.48. The molecule has 5 rings (SSSR count). The summed E-state index contributed by atoms with van der Waals surface area (Å²) in [5.74, 6) is 1.33. The average molecular weight is 355 g/mol. The molecule has 1 saturated carbocycles. The standard InChI is InChI=1S/C21H25NO4/c1-21(2)15-5-3-13(17(21)12-15)7-9-26-20(24)14-4-6-18-16(11-14)19(23)22-8-10-25-18/h3-4,6,11,15,17H,5,7-10,12H2,1-2H3,(H,22,23)/t15-,17-/m0/s1. The van der Waals surface area contributed by atoms with Crippen molar-refractivity contribution in [3.05, 3.63) is 41.0 Å². The lowest BCUT2D eigenvalue weighted by molar-refractivity contribution is -0.0103. The summed E-state index contributed by atoms with van der Waals surface area (Å²) >= 11 is 0. The Balaban J connectivity index is 1.37. The maximum absolute atomic E-state index is 12.4. The van der Waals surface area contributed by atoms with E-state index in [0.29, 0.717) is 48.0 Å². The third-order valence-electron chi connectivity index (χ3n) is 6.31. The van der Waals surface area contributed by atoms with Crippen molar-refractivity contribution in [2.24, 2.45) is 17.3 Å². The van der Waals surface area contributed by atoms with Gasteiger partial charge in [0.1, 0.15) is 12.4 Å². The van der Waals surface area contributed by atoms with Gasteiger partial charge in [-0.15, -0.1) is 0 Å². The average Bonchev–Trinajstić information content (AvgIpc) is 2.83. The largest absolute Gasteiger partial charge is 0.491 e. The number of ether oxygens (including phenoxy) is 2. The van der Waals surface area contributed by atoms with Gasteiger partial charge in [0.2, 0.25) is 0 Å². The van der Waals surface area contributed by atoms with Crippen LogP contribution in [-0.2, 0) is 4.74 Å². The van der Waals surface area contributed by atoms with E-state index in [4.69, 9.17) is 9.47 Å². The second-order valence-corrected chi connectivity index (χ2v) is 8.02. The Bertz CT molecular complexity index is 780. The molecule has 2 atom stereocenters. The van der Waals surface area contributed by atoms with Crippen LogP contribution in [0.3, 0.4) is 0 Å². The van der Waals surface area contributed by atoms with Crippen LogP contribution in [0.4, 0.5) is 0 Å². The maximum atomic E-state index is 12.4. The summed E-state index contributed by atoms with van der Waals surface area (Å²) < 4.78 is 11.0. The molecule has 0 radical (unpaired) electrons. The molecule has 0 aromatic heterocycles. The fourth-order valence-corrected chi connectivity index (χ4v) is 4.48. The number of hydrogen-bond acceptors (Lipinski definition) is 4. The number of nitrogens with one attached hydrogen (secondary N) is 1. The molecule has 4 aliphatic rings. The third-order valence-corrected chi connectivity index (χ3v) is 6.31. The zero-order valence-corrected chi connectivity index (χ0v) is 15.3. The molecule has 26 heavy (non-hydrogen) atoms. The molecule has 5 nitrogen and oxygen atoms in total. The van der Waals surface area contributed by atoms with E-state index in [1.807, 2.05) is 0 Å². The number of fused-ring (bicyclic) bond motifs is 2. The van der Waals surface area contributed by atoms with Crippen LogP contribution in [0.1, 0.15) is 53.8 Å². The van der Waals surface area contributed by atoms with Gasteiger partial charge in [0.25, 0.3) is 5.91 Å². The number of hydrogen-bond donors (Lipinski definition) is 1. The first-order valence-corrected chi connectivity index (χ1v) is 9.38. The molecule has 3 aliphatic carbocycles. The van der Waals surface area contributed by atoms with E-state index in [-0.39, 0.29) is 5.91 Å². The molecule has 1 fully saturated rings. The SMILES string of the molecule is CC1(C)[C@H]2CC=C(CCOC(=O)c3ccc4c(c3)C(=O)NCCO4)[C@@H]1C2. The number of allylic oxidation sites excluding steroid dienone is 1. The second kappa shape index (κ2) is 6.45. The van der Waals surface area contributed by atoms with Crippen molar-refractivity contribution < 1.29 is 19.1 Å². The van der Waals surface area contributed by atoms with Crippen LogP contribution >= 0.6 is 0 Å². The number of benzene rings is 1. The van der Waals surface area contributed by atoms with Gasteiger partial charge in [-0.3, -0.25) is 4.79 Å². The minimum Gasteiger partial charge on any atom is -0.491 e. The smallest absolute Gasteiger partial charge is 0.338 e. The number of esters is 1. The fourth-order valence-electron chi connectivity index (χ4n) is 4.48. The van der Waals surface area contributed by atoms with Crippen molar-refractivity contribution >= 4 is 11.9 Å². The summed E-state index contributed by atoms with van der Waals surface area (Å²) in [6, 6.07) is 4.87. The summed E-state index contributed by atoms with van der Waals surface area (Å²) in [5, 5.41) is 2.75. The monoisotopic (exact) mass is 355 g/mol. The number of rotatable bonds is 4. The van der Waals surface area contributed by atoms with E-state index in [9.17, 15) is 9.59 Å². The Morgan fingerprint density at radius 2 is 2.23 bits per heavy atom. The first kappa shape index (κ1) is 17.1. The van der Waals surface area contributed by atoms with Gasteiger partial charge in [0, 0.05) is 6.42 Å². The third kappa shape index (κ3) is 2.89. The Morgan fingerprint density at radius 1 is 1.38 bits per heavy atom. The summed E-state index contributed by atoms with van der Waals surface area (Å²) in [6.07, 6.45) is 5.54. The van der Waals surface area contributed by atoms with Crippen molar-refractivity contribution in [2.75, 3.05) is 19.8 Å². The first-order chi connectivity index (χ1) is 12.5. The molecule has 1 amide bonds. The molecular formula is C21H25NO4. The first-order valence-electron chi connectivity index (χ1n) is 9.38. The lowest BCUT2D eigenvalue weighted by Crippen LogP contribution is -2.48. The van der Waals surface area contributed by atoms with Gasteiger partial charge in [-0.2, -0.15) is 0 Å². The Hall–Kier alpha value is -2.30. The van der Waals surface area contributed by atoms with Crippen molar-refractivity contribution in [2.45, 2.75) is 33.1 Å². The Labute approximate surface area is 153 Å². The molecule has 0 unspecified atom stereocenters. The molecular weight excluding hydrogens is 330 g/mol. The van der Waals surface area contributed by atoms with Crippen LogP contribution in [0.2, 0.25) is 0 Å². The highest BCUT2D eigenvalue weighted by Crippen LogP contribution is 2.59. The van der Waals surface area contributed by atoms with Gasteiger partial charge in [0.05, 0.1) is 24.3 Å². The van der Waals surface area contributed by atoms with Crippen LogP contribution in [0.5, 0.6) is 5.75 Å². The van der Waals surface area contributed by atoms with E-state index >= 15 is 0 Å². The molecule has 2 bridgehead atoms. The Kier molecular flexibility index (Phi) is 4.25. The molecule has 1 N–H and O–H groups in total.